The summed E-state index contributed by atoms with van der Waals surface area (Å²) in [4.78, 5) is 99.5. The molecule has 0 N–H and O–H groups in total. The highest BCUT2D eigenvalue weighted by Crippen LogP contribution is 2.42. The van der Waals surface area contributed by atoms with Crippen molar-refractivity contribution in [1.29, 1.82) is 0 Å². The van der Waals surface area contributed by atoms with Gasteiger partial charge in [0.1, 0.15) is 43.4 Å². The second kappa shape index (κ2) is 20.5. The molecule has 61 heavy (non-hydrogen) atoms. The monoisotopic (exact) mass is 858 g/mol. The number of rotatable bonds is 16. The molecule has 20 nitrogen and oxygen atoms in total. The standard InChI is InChI=1S/C41H46O20/c1-19(42)50-17-29-33(52-21(3)44)36(53-22(4)45)39(56-25(7)48)41(59-29)61-34-30(18-51-20(2)43)58-40(38(55-24(6)47)37(34)54-23(5)46)57-28-15-13-27(14-16-28)32-35(60-32)31(49)26-11-9-8-10-12-26/h8-16,29-30,32-41H,17-18H2,1-7H3/t29-,30-,32+,33-,34-,35+,36+,37+,38-,39-,40-,41+/m1/s1. The van der Waals surface area contributed by atoms with E-state index in [-0.39, 0.29) is 11.5 Å². The van der Waals surface area contributed by atoms with Crippen LogP contribution in [0.4, 0.5) is 0 Å². The average molecular weight is 859 g/mol. The Morgan fingerprint density at radius 1 is 0.475 bits per heavy atom. The molecule has 0 amide bonds. The highest BCUT2D eigenvalue weighted by atomic mass is 16.8. The summed E-state index contributed by atoms with van der Waals surface area (Å²) in [5.41, 5.74) is 1.16. The van der Waals surface area contributed by atoms with Crippen LogP contribution in [-0.4, -0.2) is 128 Å². The lowest BCUT2D eigenvalue weighted by atomic mass is 9.96. The number of ketones is 1. The van der Waals surface area contributed by atoms with Crippen molar-refractivity contribution in [1.82, 2.24) is 0 Å². The number of carbonyl (C=O) groups is 8. The van der Waals surface area contributed by atoms with Gasteiger partial charge in [0, 0.05) is 54.0 Å². The molecule has 3 fully saturated rings. The summed E-state index contributed by atoms with van der Waals surface area (Å²) in [7, 11) is 0. The Balaban J connectivity index is 1.48. The molecule has 0 saturated carbocycles. The first kappa shape index (κ1) is 46.1. The fourth-order valence-electron chi connectivity index (χ4n) is 6.77. The quantitative estimate of drug-likeness (QED) is 0.101. The molecular weight excluding hydrogens is 812 g/mol. The van der Waals surface area contributed by atoms with Crippen molar-refractivity contribution in [3.8, 4) is 5.75 Å². The molecule has 0 unspecified atom stereocenters. The number of esters is 7. The second-order valence-electron chi connectivity index (χ2n) is 14.1. The minimum absolute atomic E-state index is 0.157. The van der Waals surface area contributed by atoms with Crippen LogP contribution in [0.3, 0.4) is 0 Å². The fourth-order valence-corrected chi connectivity index (χ4v) is 6.77. The normalized spacial score (nSPS) is 29.1. The molecule has 0 bridgehead atoms. The van der Waals surface area contributed by atoms with Crippen LogP contribution in [0, 0.1) is 0 Å². The average Bonchev–Trinajstić information content (AvgIpc) is 3.98. The van der Waals surface area contributed by atoms with E-state index in [0.717, 1.165) is 48.5 Å². The SMILES string of the molecule is CC(=O)OC[C@H]1O[C@@H](O[C@H]2[C@H](OC(C)=O)[C@@H](OC(C)=O)[C@H](Oc3ccc([C@@H]4O[C@H]4C(=O)c4ccccc4)cc3)O[C@@H]2COC(C)=O)[C@H](OC(C)=O)[C@@H](OC(C)=O)[C@@H]1OC(C)=O. The summed E-state index contributed by atoms with van der Waals surface area (Å²) in [6, 6.07) is 15.1. The highest BCUT2D eigenvalue weighted by molar-refractivity contribution is 6.01. The van der Waals surface area contributed by atoms with Crippen LogP contribution in [0.25, 0.3) is 0 Å². The molecule has 3 heterocycles. The van der Waals surface area contributed by atoms with E-state index < -0.39 is 129 Å². The first-order valence-electron chi connectivity index (χ1n) is 19.0. The van der Waals surface area contributed by atoms with Gasteiger partial charge in [0.15, 0.2) is 42.6 Å². The van der Waals surface area contributed by atoms with Crippen LogP contribution in [0.2, 0.25) is 0 Å². The van der Waals surface area contributed by atoms with Crippen molar-refractivity contribution in [2.24, 2.45) is 0 Å². The molecule has 330 valence electrons. The molecule has 0 aromatic heterocycles. The molecule has 3 aliphatic rings. The van der Waals surface area contributed by atoms with Gasteiger partial charge in [0.05, 0.1) is 0 Å². The Hall–Kier alpha value is -5.96. The van der Waals surface area contributed by atoms with Crippen molar-refractivity contribution in [3.05, 3.63) is 65.7 Å². The van der Waals surface area contributed by atoms with Crippen LogP contribution in [0.1, 0.15) is 70.5 Å². The van der Waals surface area contributed by atoms with Crippen molar-refractivity contribution >= 4 is 47.6 Å². The molecule has 0 spiro atoms. The Kier molecular flexibility index (Phi) is 15.5. The third kappa shape index (κ3) is 12.5. The molecule has 3 saturated heterocycles. The van der Waals surface area contributed by atoms with Gasteiger partial charge in [-0.25, -0.2) is 0 Å². The van der Waals surface area contributed by atoms with Crippen LogP contribution in [0.5, 0.6) is 5.75 Å². The van der Waals surface area contributed by atoms with Crippen LogP contribution in [0.15, 0.2) is 54.6 Å². The summed E-state index contributed by atoms with van der Waals surface area (Å²) >= 11 is 0. The molecule has 0 radical (unpaired) electrons. The lowest BCUT2D eigenvalue weighted by Crippen LogP contribution is -2.67. The zero-order valence-corrected chi connectivity index (χ0v) is 34.2. The first-order chi connectivity index (χ1) is 28.9. The van der Waals surface area contributed by atoms with Gasteiger partial charge in [-0.3, -0.25) is 38.4 Å². The number of hydrogen-bond acceptors (Lipinski definition) is 20. The molecule has 0 aliphatic carbocycles. The topological polar surface area (TPSA) is 251 Å². The second-order valence-corrected chi connectivity index (χ2v) is 14.1. The molecule has 2 aromatic rings. The van der Waals surface area contributed by atoms with Gasteiger partial charge >= 0.3 is 41.8 Å². The summed E-state index contributed by atoms with van der Waals surface area (Å²) in [5.74, 6) is -6.05. The van der Waals surface area contributed by atoms with Crippen molar-refractivity contribution in [3.63, 3.8) is 0 Å². The Morgan fingerprint density at radius 3 is 1.43 bits per heavy atom. The summed E-state index contributed by atoms with van der Waals surface area (Å²) < 4.78 is 68.8. The predicted molar refractivity (Wildman–Crippen MR) is 199 cm³/mol. The maximum absolute atomic E-state index is 12.9. The van der Waals surface area contributed by atoms with E-state index in [4.69, 9.17) is 56.8 Å². The summed E-state index contributed by atoms with van der Waals surface area (Å²) in [6.07, 6.45) is -17.3. The third-order valence-electron chi connectivity index (χ3n) is 9.15. The maximum atomic E-state index is 12.9. The van der Waals surface area contributed by atoms with E-state index >= 15 is 0 Å². The van der Waals surface area contributed by atoms with E-state index in [1.54, 1.807) is 42.5 Å². The minimum Gasteiger partial charge on any atom is -0.463 e. The molecule has 20 heteroatoms. The van der Waals surface area contributed by atoms with Gasteiger partial charge in [-0.05, 0) is 17.7 Å². The third-order valence-corrected chi connectivity index (χ3v) is 9.15. The Morgan fingerprint density at radius 2 is 0.918 bits per heavy atom. The lowest BCUT2D eigenvalue weighted by molar-refractivity contribution is -0.354. The number of benzene rings is 2. The van der Waals surface area contributed by atoms with Crippen LogP contribution in [-0.2, 0) is 85.7 Å². The van der Waals surface area contributed by atoms with E-state index in [9.17, 15) is 38.4 Å². The zero-order valence-electron chi connectivity index (χ0n) is 34.2. The van der Waals surface area contributed by atoms with Gasteiger partial charge in [0.2, 0.25) is 12.4 Å². The Bertz CT molecular complexity index is 1930. The largest absolute Gasteiger partial charge is 0.463 e. The molecule has 5 rings (SSSR count). The maximum Gasteiger partial charge on any atom is 0.303 e. The lowest BCUT2D eigenvalue weighted by Gasteiger charge is -2.48. The minimum atomic E-state index is -1.84. The number of Topliss-reactive ketones (excluding diaryl/α,β-unsaturated/α-hetero) is 1. The molecule has 12 atom stereocenters. The van der Waals surface area contributed by atoms with Gasteiger partial charge in [-0.15, -0.1) is 0 Å². The number of hydrogen-bond donors (Lipinski definition) is 0. The molecule has 3 aliphatic heterocycles. The van der Waals surface area contributed by atoms with Crippen molar-refractivity contribution in [2.45, 2.75) is 122 Å². The van der Waals surface area contributed by atoms with Crippen LogP contribution < -0.4 is 4.74 Å². The smallest absolute Gasteiger partial charge is 0.303 e. The van der Waals surface area contributed by atoms with E-state index in [2.05, 4.69) is 0 Å². The van der Waals surface area contributed by atoms with Gasteiger partial charge in [0.25, 0.3) is 0 Å². The number of epoxide rings is 1. The highest BCUT2D eigenvalue weighted by Gasteiger charge is 2.58. The molecular formula is C41H46O20. The number of ether oxygens (including phenoxy) is 12. The van der Waals surface area contributed by atoms with E-state index in [0.29, 0.717) is 11.1 Å². The summed E-state index contributed by atoms with van der Waals surface area (Å²) in [5, 5.41) is 0. The van der Waals surface area contributed by atoms with Gasteiger partial charge < -0.3 is 56.8 Å². The van der Waals surface area contributed by atoms with Gasteiger partial charge in [-0.2, -0.15) is 0 Å². The molecule has 2 aromatic carbocycles. The first-order valence-corrected chi connectivity index (χ1v) is 19.0. The van der Waals surface area contributed by atoms with E-state index in [1.807, 2.05) is 0 Å². The fraction of sp³-hybridized carbons (Fsp3) is 0.512. The number of carbonyl (C=O) groups excluding carboxylic acids is 8. The van der Waals surface area contributed by atoms with Crippen molar-refractivity contribution < 1.29 is 95.2 Å². The van der Waals surface area contributed by atoms with Crippen LogP contribution >= 0.6 is 0 Å². The predicted octanol–water partition coefficient (Wildman–Crippen LogP) is 2.01. The zero-order chi connectivity index (χ0) is 44.5. The van der Waals surface area contributed by atoms with E-state index in [1.165, 1.54) is 12.1 Å². The van der Waals surface area contributed by atoms with Gasteiger partial charge in [-0.1, -0.05) is 42.5 Å². The summed E-state index contributed by atoms with van der Waals surface area (Å²) in [6.45, 7) is 6.25. The Labute approximate surface area is 349 Å². The van der Waals surface area contributed by atoms with Crippen molar-refractivity contribution in [2.75, 3.05) is 13.2 Å².